The Balaban J connectivity index is 1.91. The van der Waals surface area contributed by atoms with E-state index in [4.69, 9.17) is 0 Å². The number of fused-ring (bicyclic) bond motifs is 3. The first kappa shape index (κ1) is 19.5. The smallest absolute Gasteiger partial charge is 0.118 e. The van der Waals surface area contributed by atoms with Crippen molar-refractivity contribution in [3.63, 3.8) is 0 Å². The molecular weight excluding hydrogens is 348 g/mol. The molecule has 0 radical (unpaired) electrons. The Bertz CT molecular complexity index is 875. The summed E-state index contributed by atoms with van der Waals surface area (Å²) in [6, 6.07) is 15.4. The second kappa shape index (κ2) is 6.33. The number of phenols is 1. The quantitative estimate of drug-likeness (QED) is 0.698. The van der Waals surface area contributed by atoms with Gasteiger partial charge in [-0.05, 0) is 72.8 Å². The van der Waals surface area contributed by atoms with Crippen LogP contribution in [0.3, 0.4) is 0 Å². The molecule has 28 heavy (non-hydrogen) atoms. The van der Waals surface area contributed by atoms with Gasteiger partial charge < -0.3 is 15.3 Å². The van der Waals surface area contributed by atoms with E-state index in [2.05, 4.69) is 20.8 Å². The number of hydrogen-bond acceptors (Lipinski definition) is 3. The molecule has 2 unspecified atom stereocenters. The lowest BCUT2D eigenvalue weighted by Crippen LogP contribution is -2.63. The van der Waals surface area contributed by atoms with Gasteiger partial charge in [0.15, 0.2) is 0 Å². The van der Waals surface area contributed by atoms with Gasteiger partial charge in [-0.3, -0.25) is 0 Å². The molecule has 0 spiro atoms. The van der Waals surface area contributed by atoms with Crippen LogP contribution in [0.2, 0.25) is 0 Å². The van der Waals surface area contributed by atoms with Crippen molar-refractivity contribution in [1.82, 2.24) is 0 Å². The number of aliphatic hydroxyl groups is 2. The van der Waals surface area contributed by atoms with Crippen molar-refractivity contribution in [3.8, 4) is 5.75 Å². The Hall–Kier alpha value is -1.84. The van der Waals surface area contributed by atoms with Crippen LogP contribution in [0.15, 0.2) is 48.5 Å². The van der Waals surface area contributed by atoms with Gasteiger partial charge in [0.2, 0.25) is 0 Å². The van der Waals surface area contributed by atoms with Crippen molar-refractivity contribution in [3.05, 3.63) is 65.2 Å². The molecule has 0 bridgehead atoms. The third-order valence-corrected chi connectivity index (χ3v) is 8.14. The second-order valence-corrected chi connectivity index (χ2v) is 9.42. The maximum atomic E-state index is 11.8. The molecule has 6 atom stereocenters. The first-order valence-corrected chi connectivity index (χ1v) is 10.5. The fraction of sp³-hybridized carbons (Fsp3) is 0.520. The maximum Gasteiger partial charge on any atom is 0.118 e. The molecule has 4 rings (SSSR count). The number of hydrogen-bond donors (Lipinski definition) is 3. The minimum atomic E-state index is -1.28. The van der Waals surface area contributed by atoms with Gasteiger partial charge in [0.25, 0.3) is 0 Å². The van der Waals surface area contributed by atoms with Gasteiger partial charge >= 0.3 is 0 Å². The lowest BCUT2D eigenvalue weighted by atomic mass is 9.45. The predicted octanol–water partition coefficient (Wildman–Crippen LogP) is 4.84. The molecule has 0 aliphatic heterocycles. The van der Waals surface area contributed by atoms with Gasteiger partial charge in [-0.1, -0.05) is 57.2 Å². The molecular formula is C25H32O3. The molecule has 3 heteroatoms. The van der Waals surface area contributed by atoms with Crippen LogP contribution in [0, 0.1) is 11.8 Å². The van der Waals surface area contributed by atoms with Gasteiger partial charge in [0.05, 0.1) is 5.60 Å². The summed E-state index contributed by atoms with van der Waals surface area (Å²) >= 11 is 0. The van der Waals surface area contributed by atoms with E-state index in [1.54, 1.807) is 13.0 Å². The summed E-state index contributed by atoms with van der Waals surface area (Å²) in [5, 5.41) is 33.5. The van der Waals surface area contributed by atoms with E-state index in [9.17, 15) is 15.3 Å². The summed E-state index contributed by atoms with van der Waals surface area (Å²) in [6.07, 6.45) is 1.93. The van der Waals surface area contributed by atoms with Gasteiger partial charge in [-0.15, -0.1) is 0 Å². The van der Waals surface area contributed by atoms with Crippen molar-refractivity contribution in [2.45, 2.75) is 69.5 Å². The zero-order valence-electron chi connectivity index (χ0n) is 17.3. The van der Waals surface area contributed by atoms with Crippen LogP contribution in [-0.4, -0.2) is 20.9 Å². The molecule has 1 fully saturated rings. The molecule has 2 aromatic carbocycles. The molecule has 2 aliphatic carbocycles. The summed E-state index contributed by atoms with van der Waals surface area (Å²) in [7, 11) is 0. The third kappa shape index (κ3) is 2.49. The number of phenolic OH excluding ortho intramolecular Hbond substituents is 1. The molecule has 2 aromatic rings. The van der Waals surface area contributed by atoms with E-state index < -0.39 is 11.2 Å². The summed E-state index contributed by atoms with van der Waals surface area (Å²) in [5.41, 5.74) is 0.474. The highest BCUT2D eigenvalue weighted by atomic mass is 16.4. The lowest BCUT2D eigenvalue weighted by molar-refractivity contribution is -0.211. The standard InChI is InChI=1S/C25H32O3/c1-5-24-15-23(4,27)25(28,18-9-7-6-8-10-18)14-22(24)17(3)16(2)20-13-19(26)11-12-21(20)24/h6-13,16-17,22,26-28H,5,14-15H2,1-4H3/t16?,17?,22-,23+,24-,25+/m0/s1. The van der Waals surface area contributed by atoms with Crippen molar-refractivity contribution < 1.29 is 15.3 Å². The first-order chi connectivity index (χ1) is 13.2. The Morgan fingerprint density at radius 3 is 2.36 bits per heavy atom. The minimum Gasteiger partial charge on any atom is -0.508 e. The summed E-state index contributed by atoms with van der Waals surface area (Å²) in [5.74, 6) is 1.16. The third-order valence-electron chi connectivity index (χ3n) is 8.14. The minimum absolute atomic E-state index is 0.209. The van der Waals surface area contributed by atoms with Crippen LogP contribution >= 0.6 is 0 Å². The molecule has 3 N–H and O–H groups in total. The number of rotatable bonds is 2. The van der Waals surface area contributed by atoms with Crippen LogP contribution in [0.5, 0.6) is 5.75 Å². The largest absolute Gasteiger partial charge is 0.508 e. The normalized spacial score (nSPS) is 39.9. The van der Waals surface area contributed by atoms with Gasteiger partial charge in [-0.25, -0.2) is 0 Å². The molecule has 150 valence electrons. The highest BCUT2D eigenvalue weighted by Gasteiger charge is 2.62. The van der Waals surface area contributed by atoms with E-state index in [1.165, 1.54) is 11.1 Å². The Morgan fingerprint density at radius 1 is 1.04 bits per heavy atom. The van der Waals surface area contributed by atoms with Crippen molar-refractivity contribution >= 4 is 0 Å². The fourth-order valence-corrected chi connectivity index (χ4v) is 6.34. The molecule has 3 nitrogen and oxygen atoms in total. The molecule has 0 aromatic heterocycles. The van der Waals surface area contributed by atoms with E-state index in [-0.39, 0.29) is 17.3 Å². The average molecular weight is 381 g/mol. The predicted molar refractivity (Wildman–Crippen MR) is 111 cm³/mol. The Labute approximate surface area is 168 Å². The summed E-state index contributed by atoms with van der Waals surface area (Å²) < 4.78 is 0. The number of benzene rings is 2. The van der Waals surface area contributed by atoms with Gasteiger partial charge in [-0.2, -0.15) is 0 Å². The van der Waals surface area contributed by atoms with Crippen molar-refractivity contribution in [2.75, 3.05) is 0 Å². The topological polar surface area (TPSA) is 60.7 Å². The Morgan fingerprint density at radius 2 is 1.71 bits per heavy atom. The fourth-order valence-electron chi connectivity index (χ4n) is 6.34. The average Bonchev–Trinajstić information content (AvgIpc) is 2.68. The lowest BCUT2D eigenvalue weighted by Gasteiger charge is -2.61. The van der Waals surface area contributed by atoms with E-state index >= 15 is 0 Å². The zero-order valence-corrected chi connectivity index (χ0v) is 17.3. The number of aromatic hydroxyl groups is 1. The van der Waals surface area contributed by atoms with Crippen LogP contribution in [0.4, 0.5) is 0 Å². The van der Waals surface area contributed by atoms with Crippen molar-refractivity contribution in [1.29, 1.82) is 0 Å². The molecule has 1 saturated carbocycles. The van der Waals surface area contributed by atoms with E-state index in [0.29, 0.717) is 24.5 Å². The molecule has 0 saturated heterocycles. The zero-order chi connectivity index (χ0) is 20.3. The Kier molecular flexibility index (Phi) is 4.40. The van der Waals surface area contributed by atoms with Crippen LogP contribution in [0.1, 0.15) is 69.6 Å². The maximum absolute atomic E-state index is 11.8. The first-order valence-electron chi connectivity index (χ1n) is 10.5. The summed E-state index contributed by atoms with van der Waals surface area (Å²) in [4.78, 5) is 0. The monoisotopic (exact) mass is 380 g/mol. The van der Waals surface area contributed by atoms with Gasteiger partial charge in [0, 0.05) is 5.41 Å². The van der Waals surface area contributed by atoms with Crippen LogP contribution in [0.25, 0.3) is 0 Å². The highest BCUT2D eigenvalue weighted by Crippen LogP contribution is 2.63. The van der Waals surface area contributed by atoms with Gasteiger partial charge in [0.1, 0.15) is 11.4 Å². The highest BCUT2D eigenvalue weighted by molar-refractivity contribution is 5.47. The SMILES string of the molecule is CC[C@@]12C[C@@](C)(O)[C@](O)(c3ccccc3)C[C@H]1C(C)C(C)c1cc(O)ccc12. The van der Waals surface area contributed by atoms with E-state index in [1.807, 2.05) is 42.5 Å². The van der Waals surface area contributed by atoms with Crippen LogP contribution < -0.4 is 0 Å². The molecule has 0 heterocycles. The molecule has 2 aliphatic rings. The van der Waals surface area contributed by atoms with Crippen LogP contribution in [-0.2, 0) is 11.0 Å². The van der Waals surface area contributed by atoms with E-state index in [0.717, 1.165) is 12.0 Å². The summed E-state index contributed by atoms with van der Waals surface area (Å²) in [6.45, 7) is 8.46. The second-order valence-electron chi connectivity index (χ2n) is 9.42. The molecule has 0 amide bonds. The van der Waals surface area contributed by atoms with Crippen molar-refractivity contribution in [2.24, 2.45) is 11.8 Å².